The average molecular weight is 444 g/mol. The summed E-state index contributed by atoms with van der Waals surface area (Å²) in [5.41, 5.74) is 1.06. The Hall–Kier alpha value is -1.85. The maximum Gasteiger partial charge on any atom is 0.240 e. The Kier molecular flexibility index (Phi) is 8.97. The lowest BCUT2D eigenvalue weighted by molar-refractivity contribution is 0.223. The largest absolute Gasteiger partial charge is 0.494 e. The van der Waals surface area contributed by atoms with Crippen molar-refractivity contribution in [2.45, 2.75) is 76.2 Å². The highest BCUT2D eigenvalue weighted by molar-refractivity contribution is 7.89. The third-order valence-electron chi connectivity index (χ3n) is 6.46. The van der Waals surface area contributed by atoms with Crippen LogP contribution in [0.1, 0.15) is 63.9 Å². The van der Waals surface area contributed by atoms with E-state index in [0.29, 0.717) is 23.3 Å². The van der Waals surface area contributed by atoms with Gasteiger partial charge in [-0.3, -0.25) is 0 Å². The van der Waals surface area contributed by atoms with Gasteiger partial charge in [0, 0.05) is 6.04 Å². The Morgan fingerprint density at radius 2 is 1.65 bits per heavy atom. The van der Waals surface area contributed by atoms with Gasteiger partial charge >= 0.3 is 0 Å². The number of unbranched alkanes of at least 4 members (excludes halogenated alkanes) is 1. The maximum atomic E-state index is 13.1. The summed E-state index contributed by atoms with van der Waals surface area (Å²) in [5.74, 6) is 1.62. The fourth-order valence-electron chi connectivity index (χ4n) is 4.59. The Morgan fingerprint density at radius 1 is 0.968 bits per heavy atom. The van der Waals surface area contributed by atoms with Crippen molar-refractivity contribution in [2.75, 3.05) is 6.61 Å². The maximum absolute atomic E-state index is 13.1. The minimum atomic E-state index is -3.52. The van der Waals surface area contributed by atoms with E-state index < -0.39 is 10.0 Å². The second kappa shape index (κ2) is 11.7. The Morgan fingerprint density at radius 3 is 2.32 bits per heavy atom. The molecular formula is C26H37NO3S. The molecule has 1 saturated carbocycles. The van der Waals surface area contributed by atoms with Gasteiger partial charge in [-0.05, 0) is 75.1 Å². The van der Waals surface area contributed by atoms with Gasteiger partial charge in [0.2, 0.25) is 10.0 Å². The molecule has 31 heavy (non-hydrogen) atoms. The third kappa shape index (κ3) is 7.36. The highest BCUT2D eigenvalue weighted by atomic mass is 32.2. The van der Waals surface area contributed by atoms with Crippen molar-refractivity contribution < 1.29 is 13.2 Å². The summed E-state index contributed by atoms with van der Waals surface area (Å²) in [6.07, 6.45) is 8.89. The molecule has 0 spiro atoms. The molecule has 5 heteroatoms. The molecule has 1 N–H and O–H groups in total. The average Bonchev–Trinajstić information content (AvgIpc) is 2.79. The number of hydrogen-bond donors (Lipinski definition) is 1. The lowest BCUT2D eigenvalue weighted by Crippen LogP contribution is -2.45. The summed E-state index contributed by atoms with van der Waals surface area (Å²) < 4.78 is 35.1. The molecule has 2 aromatic rings. The summed E-state index contributed by atoms with van der Waals surface area (Å²) in [6, 6.07) is 17.0. The molecule has 2 aromatic carbocycles. The second-order valence-corrected chi connectivity index (χ2v) is 10.7. The highest BCUT2D eigenvalue weighted by Crippen LogP contribution is 2.32. The van der Waals surface area contributed by atoms with Gasteiger partial charge in [-0.2, -0.15) is 0 Å². The molecule has 0 saturated heterocycles. The van der Waals surface area contributed by atoms with Crippen LogP contribution < -0.4 is 9.46 Å². The van der Waals surface area contributed by atoms with Crippen LogP contribution in [0.2, 0.25) is 0 Å². The molecule has 3 rings (SSSR count). The van der Waals surface area contributed by atoms with Crippen LogP contribution in [0.3, 0.4) is 0 Å². The molecule has 2 atom stereocenters. The smallest absolute Gasteiger partial charge is 0.240 e. The van der Waals surface area contributed by atoms with Crippen molar-refractivity contribution >= 4 is 10.0 Å². The van der Waals surface area contributed by atoms with Crippen molar-refractivity contribution in [3.63, 3.8) is 0 Å². The first-order valence-electron chi connectivity index (χ1n) is 11.7. The number of hydrogen-bond acceptors (Lipinski definition) is 3. The number of benzene rings is 2. The predicted octanol–water partition coefficient (Wildman–Crippen LogP) is 6.11. The molecule has 170 valence electrons. The molecule has 0 amide bonds. The van der Waals surface area contributed by atoms with Gasteiger partial charge in [-0.25, -0.2) is 13.1 Å². The van der Waals surface area contributed by atoms with E-state index in [1.807, 2.05) is 49.4 Å². The zero-order valence-corrected chi connectivity index (χ0v) is 19.7. The van der Waals surface area contributed by atoms with E-state index in [0.717, 1.165) is 43.4 Å². The van der Waals surface area contributed by atoms with E-state index in [1.54, 1.807) is 12.1 Å². The minimum absolute atomic E-state index is 0.0124. The molecule has 1 fully saturated rings. The van der Waals surface area contributed by atoms with Gasteiger partial charge in [0.25, 0.3) is 0 Å². The van der Waals surface area contributed by atoms with E-state index in [1.165, 1.54) is 19.3 Å². The van der Waals surface area contributed by atoms with Crippen LogP contribution in [0.5, 0.6) is 5.75 Å². The first kappa shape index (κ1) is 23.8. The monoisotopic (exact) mass is 443 g/mol. The first-order valence-corrected chi connectivity index (χ1v) is 13.2. The van der Waals surface area contributed by atoms with Gasteiger partial charge in [0.15, 0.2) is 0 Å². The van der Waals surface area contributed by atoms with Crippen LogP contribution in [0.4, 0.5) is 0 Å². The molecular weight excluding hydrogens is 406 g/mol. The van der Waals surface area contributed by atoms with Gasteiger partial charge in [-0.1, -0.05) is 62.1 Å². The van der Waals surface area contributed by atoms with Gasteiger partial charge in [-0.15, -0.1) is 0 Å². The van der Waals surface area contributed by atoms with Crippen molar-refractivity contribution in [3.8, 4) is 5.75 Å². The summed E-state index contributed by atoms with van der Waals surface area (Å²) >= 11 is 0. The van der Waals surface area contributed by atoms with Crippen LogP contribution in [-0.2, 0) is 10.0 Å². The van der Waals surface area contributed by atoms with Crippen molar-refractivity contribution in [3.05, 3.63) is 60.2 Å². The van der Waals surface area contributed by atoms with Gasteiger partial charge in [0.1, 0.15) is 5.75 Å². The molecule has 0 bridgehead atoms. The van der Waals surface area contributed by atoms with Crippen molar-refractivity contribution in [1.82, 2.24) is 4.72 Å². The fraction of sp³-hybridized carbons (Fsp3) is 0.538. The van der Waals surface area contributed by atoms with Crippen LogP contribution in [0, 0.1) is 18.8 Å². The van der Waals surface area contributed by atoms with E-state index in [-0.39, 0.29) is 6.04 Å². The number of aryl methyl sites for hydroxylation is 1. The molecule has 0 heterocycles. The van der Waals surface area contributed by atoms with Crippen LogP contribution in [0.15, 0.2) is 59.5 Å². The summed E-state index contributed by atoms with van der Waals surface area (Å²) in [4.78, 5) is 0.363. The summed E-state index contributed by atoms with van der Waals surface area (Å²) in [5, 5.41) is 0. The number of para-hydroxylation sites is 1. The van der Waals surface area contributed by atoms with Crippen molar-refractivity contribution in [1.29, 1.82) is 0 Å². The molecule has 1 aliphatic carbocycles. The van der Waals surface area contributed by atoms with E-state index in [4.69, 9.17) is 4.74 Å². The Bertz CT molecular complexity index is 875. The van der Waals surface area contributed by atoms with Crippen LogP contribution >= 0.6 is 0 Å². The number of rotatable bonds is 11. The first-order chi connectivity index (χ1) is 15.0. The van der Waals surface area contributed by atoms with Crippen LogP contribution in [0.25, 0.3) is 0 Å². The standard InChI is InChI=1S/C26H37NO3S/c1-21-16-18-25(19-17-21)31(28,29)27-26(23-12-5-3-6-13-23)22(2)11-9-10-20-30-24-14-7-4-8-15-24/h4,7-8,14-19,22-23,26-27H,3,5-6,9-13,20H2,1-2H3. The number of ether oxygens (including phenoxy) is 1. The predicted molar refractivity (Wildman–Crippen MR) is 127 cm³/mol. The zero-order chi connectivity index (χ0) is 22.1. The summed E-state index contributed by atoms with van der Waals surface area (Å²) in [6.45, 7) is 4.87. The molecule has 0 aliphatic heterocycles. The number of sulfonamides is 1. The van der Waals surface area contributed by atoms with Crippen LogP contribution in [-0.4, -0.2) is 21.1 Å². The summed E-state index contributed by atoms with van der Waals surface area (Å²) in [7, 11) is -3.52. The molecule has 2 unspecified atom stereocenters. The normalized spacial score (nSPS) is 17.2. The quantitative estimate of drug-likeness (QED) is 0.426. The zero-order valence-electron chi connectivity index (χ0n) is 18.9. The van der Waals surface area contributed by atoms with E-state index in [9.17, 15) is 8.42 Å². The van der Waals surface area contributed by atoms with Gasteiger partial charge < -0.3 is 4.74 Å². The number of nitrogens with one attached hydrogen (secondary N) is 1. The lowest BCUT2D eigenvalue weighted by atomic mass is 9.78. The fourth-order valence-corrected chi connectivity index (χ4v) is 6.00. The molecule has 4 nitrogen and oxygen atoms in total. The van der Waals surface area contributed by atoms with Crippen molar-refractivity contribution in [2.24, 2.45) is 11.8 Å². The van der Waals surface area contributed by atoms with E-state index in [2.05, 4.69) is 11.6 Å². The topological polar surface area (TPSA) is 55.4 Å². The molecule has 0 aromatic heterocycles. The van der Waals surface area contributed by atoms with E-state index >= 15 is 0 Å². The highest BCUT2D eigenvalue weighted by Gasteiger charge is 2.32. The third-order valence-corrected chi connectivity index (χ3v) is 7.93. The minimum Gasteiger partial charge on any atom is -0.494 e. The molecule has 1 aliphatic rings. The molecule has 0 radical (unpaired) electrons. The Balaban J connectivity index is 1.57. The lowest BCUT2D eigenvalue weighted by Gasteiger charge is -2.35. The SMILES string of the molecule is Cc1ccc(S(=O)(=O)NC(C(C)CCCCOc2ccccc2)C2CCCCC2)cc1. The van der Waals surface area contributed by atoms with Gasteiger partial charge in [0.05, 0.1) is 11.5 Å². The Labute approximate surface area is 188 Å². The second-order valence-electron chi connectivity index (χ2n) is 8.99.